The van der Waals surface area contributed by atoms with E-state index in [1.165, 1.54) is 12.8 Å². The first-order valence-corrected chi connectivity index (χ1v) is 8.95. The number of rotatable bonds is 8. The first-order chi connectivity index (χ1) is 12.3. The van der Waals surface area contributed by atoms with E-state index in [0.717, 1.165) is 49.2 Å². The Bertz CT molecular complexity index is 645. The van der Waals surface area contributed by atoms with Gasteiger partial charge >= 0.3 is 0 Å². The van der Waals surface area contributed by atoms with Crippen molar-refractivity contribution in [2.24, 2.45) is 5.92 Å². The van der Waals surface area contributed by atoms with Gasteiger partial charge < -0.3 is 21.1 Å². The molecule has 0 aliphatic carbocycles. The maximum absolute atomic E-state index is 9.02. The van der Waals surface area contributed by atoms with Crippen molar-refractivity contribution in [2.75, 3.05) is 43.4 Å². The molecule has 1 saturated heterocycles. The van der Waals surface area contributed by atoms with E-state index in [1.807, 2.05) is 24.3 Å². The number of anilines is 2. The normalized spacial score (nSPS) is 15.1. The van der Waals surface area contributed by atoms with Gasteiger partial charge in [0.05, 0.1) is 18.0 Å². The highest BCUT2D eigenvalue weighted by Gasteiger charge is 2.13. The molecule has 1 fully saturated rings. The highest BCUT2D eigenvalue weighted by atomic mass is 16.3. The van der Waals surface area contributed by atoms with Gasteiger partial charge in [-0.25, -0.2) is 4.98 Å². The summed E-state index contributed by atoms with van der Waals surface area (Å²) in [7, 11) is 0. The van der Waals surface area contributed by atoms with Gasteiger partial charge in [-0.3, -0.25) is 4.98 Å². The largest absolute Gasteiger partial charge is 0.395 e. The van der Waals surface area contributed by atoms with Gasteiger partial charge in [-0.2, -0.15) is 4.98 Å². The third-order valence-corrected chi connectivity index (χ3v) is 4.37. The molecular weight excluding hydrogens is 316 g/mol. The second-order valence-electron chi connectivity index (χ2n) is 6.24. The molecule has 4 N–H and O–H groups in total. The van der Waals surface area contributed by atoms with E-state index in [2.05, 4.69) is 30.9 Å². The molecule has 3 rings (SSSR count). The number of pyridine rings is 1. The molecule has 3 heterocycles. The van der Waals surface area contributed by atoms with Crippen LogP contribution < -0.4 is 16.0 Å². The molecule has 0 amide bonds. The SMILES string of the molecule is OCCNc1nc(NCCC2CCNCC2)cc(-c2ccccn2)n1. The van der Waals surface area contributed by atoms with Crippen LogP contribution in [0.5, 0.6) is 0 Å². The molecule has 1 aliphatic heterocycles. The zero-order valence-electron chi connectivity index (χ0n) is 14.4. The summed E-state index contributed by atoms with van der Waals surface area (Å²) in [6.07, 6.45) is 5.38. The first-order valence-electron chi connectivity index (χ1n) is 8.95. The Kier molecular flexibility index (Phi) is 6.53. The van der Waals surface area contributed by atoms with Gasteiger partial charge in [-0.15, -0.1) is 0 Å². The van der Waals surface area contributed by atoms with Crippen molar-refractivity contribution in [3.63, 3.8) is 0 Å². The van der Waals surface area contributed by atoms with Crippen LogP contribution in [0.4, 0.5) is 11.8 Å². The second-order valence-corrected chi connectivity index (χ2v) is 6.24. The molecule has 0 radical (unpaired) electrons. The summed E-state index contributed by atoms with van der Waals surface area (Å²) in [5.74, 6) is 2.06. The van der Waals surface area contributed by atoms with Crippen LogP contribution in [0.2, 0.25) is 0 Å². The zero-order valence-corrected chi connectivity index (χ0v) is 14.4. The number of nitrogens with zero attached hydrogens (tertiary/aromatic N) is 3. The van der Waals surface area contributed by atoms with Gasteiger partial charge in [0.15, 0.2) is 0 Å². The molecule has 0 saturated carbocycles. The Morgan fingerprint density at radius 3 is 2.72 bits per heavy atom. The summed E-state index contributed by atoms with van der Waals surface area (Å²) in [5.41, 5.74) is 1.57. The fourth-order valence-corrected chi connectivity index (χ4v) is 3.00. The molecule has 1 aliphatic rings. The molecular formula is C18H26N6O. The van der Waals surface area contributed by atoms with Gasteiger partial charge in [0.25, 0.3) is 0 Å². The maximum Gasteiger partial charge on any atom is 0.225 e. The molecule has 25 heavy (non-hydrogen) atoms. The smallest absolute Gasteiger partial charge is 0.225 e. The van der Waals surface area contributed by atoms with E-state index in [1.54, 1.807) is 6.20 Å². The van der Waals surface area contributed by atoms with Crippen LogP contribution in [-0.4, -0.2) is 52.8 Å². The van der Waals surface area contributed by atoms with Gasteiger partial charge in [0.2, 0.25) is 5.95 Å². The average molecular weight is 342 g/mol. The molecule has 7 nitrogen and oxygen atoms in total. The zero-order chi connectivity index (χ0) is 17.3. The predicted molar refractivity (Wildman–Crippen MR) is 99.5 cm³/mol. The van der Waals surface area contributed by atoms with Crippen LogP contribution >= 0.6 is 0 Å². The van der Waals surface area contributed by atoms with Crippen molar-refractivity contribution in [2.45, 2.75) is 19.3 Å². The van der Waals surface area contributed by atoms with Gasteiger partial charge in [-0.05, 0) is 50.4 Å². The molecule has 0 aromatic carbocycles. The van der Waals surface area contributed by atoms with E-state index >= 15 is 0 Å². The second kappa shape index (κ2) is 9.29. The van der Waals surface area contributed by atoms with Crippen molar-refractivity contribution in [1.29, 1.82) is 0 Å². The Balaban J connectivity index is 1.68. The minimum Gasteiger partial charge on any atom is -0.395 e. The summed E-state index contributed by atoms with van der Waals surface area (Å²) in [6.45, 7) is 3.59. The third-order valence-electron chi connectivity index (χ3n) is 4.37. The molecule has 0 spiro atoms. The molecule has 2 aromatic heterocycles. The first kappa shape index (κ1) is 17.6. The van der Waals surface area contributed by atoms with E-state index in [4.69, 9.17) is 5.11 Å². The van der Waals surface area contributed by atoms with E-state index in [0.29, 0.717) is 12.5 Å². The summed E-state index contributed by atoms with van der Waals surface area (Å²) in [4.78, 5) is 13.4. The quantitative estimate of drug-likeness (QED) is 0.580. The number of aromatic nitrogens is 3. The lowest BCUT2D eigenvalue weighted by Crippen LogP contribution is -2.28. The fraction of sp³-hybridized carbons (Fsp3) is 0.500. The topological polar surface area (TPSA) is 95.0 Å². The Hall–Kier alpha value is -2.25. The lowest BCUT2D eigenvalue weighted by atomic mass is 9.95. The third kappa shape index (κ3) is 5.37. The van der Waals surface area contributed by atoms with Crippen LogP contribution in [0, 0.1) is 5.92 Å². The minimum absolute atomic E-state index is 0.0374. The number of aliphatic hydroxyl groups is 1. The fourth-order valence-electron chi connectivity index (χ4n) is 3.00. The molecule has 2 aromatic rings. The summed E-state index contributed by atoms with van der Waals surface area (Å²) in [6, 6.07) is 7.68. The monoisotopic (exact) mass is 342 g/mol. The van der Waals surface area contributed by atoms with Crippen molar-refractivity contribution in [3.05, 3.63) is 30.5 Å². The van der Waals surface area contributed by atoms with Crippen molar-refractivity contribution in [1.82, 2.24) is 20.3 Å². The van der Waals surface area contributed by atoms with Crippen molar-refractivity contribution >= 4 is 11.8 Å². The Morgan fingerprint density at radius 2 is 1.96 bits per heavy atom. The van der Waals surface area contributed by atoms with Crippen LogP contribution in [0.1, 0.15) is 19.3 Å². The number of hydrogen-bond acceptors (Lipinski definition) is 7. The lowest BCUT2D eigenvalue weighted by Gasteiger charge is -2.22. The standard InChI is InChI=1S/C18H26N6O/c25-12-11-22-18-23-16(15-3-1-2-7-20-15)13-17(24-18)21-10-6-14-4-8-19-9-5-14/h1-3,7,13-14,19,25H,4-6,8-12H2,(H2,21,22,23,24). The molecule has 0 atom stereocenters. The van der Waals surface area contributed by atoms with Crippen molar-refractivity contribution in [3.8, 4) is 11.4 Å². The van der Waals surface area contributed by atoms with Gasteiger partial charge in [0.1, 0.15) is 5.82 Å². The van der Waals surface area contributed by atoms with Gasteiger partial charge in [0, 0.05) is 25.4 Å². The summed E-state index contributed by atoms with van der Waals surface area (Å²) >= 11 is 0. The molecule has 0 bridgehead atoms. The molecule has 0 unspecified atom stereocenters. The van der Waals surface area contributed by atoms with E-state index < -0.39 is 0 Å². The van der Waals surface area contributed by atoms with Crippen LogP contribution in [-0.2, 0) is 0 Å². The minimum atomic E-state index is 0.0374. The maximum atomic E-state index is 9.02. The molecule has 134 valence electrons. The van der Waals surface area contributed by atoms with Crippen LogP contribution in [0.3, 0.4) is 0 Å². The predicted octanol–water partition coefficient (Wildman–Crippen LogP) is 1.74. The number of piperidine rings is 1. The summed E-state index contributed by atoms with van der Waals surface area (Å²) < 4.78 is 0. The average Bonchev–Trinajstić information content (AvgIpc) is 2.68. The number of hydrogen-bond donors (Lipinski definition) is 4. The van der Waals surface area contributed by atoms with Crippen LogP contribution in [0.25, 0.3) is 11.4 Å². The highest BCUT2D eigenvalue weighted by Crippen LogP contribution is 2.20. The number of aliphatic hydroxyl groups excluding tert-OH is 1. The Labute approximate surface area is 148 Å². The molecule has 7 heteroatoms. The summed E-state index contributed by atoms with van der Waals surface area (Å²) in [5, 5.41) is 18.9. The van der Waals surface area contributed by atoms with E-state index in [9.17, 15) is 0 Å². The Morgan fingerprint density at radius 1 is 1.08 bits per heavy atom. The lowest BCUT2D eigenvalue weighted by molar-refractivity contribution is 0.311. The number of nitrogens with one attached hydrogen (secondary N) is 3. The van der Waals surface area contributed by atoms with E-state index in [-0.39, 0.29) is 6.61 Å². The van der Waals surface area contributed by atoms with Crippen molar-refractivity contribution < 1.29 is 5.11 Å². The van der Waals surface area contributed by atoms with Crippen LogP contribution in [0.15, 0.2) is 30.5 Å². The van der Waals surface area contributed by atoms with Gasteiger partial charge in [-0.1, -0.05) is 6.07 Å². The highest BCUT2D eigenvalue weighted by molar-refractivity contribution is 5.60.